The van der Waals surface area contributed by atoms with Gasteiger partial charge in [-0.3, -0.25) is 9.89 Å². The van der Waals surface area contributed by atoms with E-state index in [1.165, 1.54) is 25.9 Å². The number of amides is 1. The zero-order chi connectivity index (χ0) is 27.8. The first-order chi connectivity index (χ1) is 20.1. The molecule has 0 saturated carbocycles. The zero-order valence-electron chi connectivity index (χ0n) is 23.2. The van der Waals surface area contributed by atoms with Crippen LogP contribution >= 0.6 is 0 Å². The van der Waals surface area contributed by atoms with Crippen LogP contribution in [-0.2, 0) is 0 Å². The number of aromatic nitrogens is 5. The number of nitrogens with zero attached hydrogens (tertiary/aromatic N) is 5. The van der Waals surface area contributed by atoms with Crippen LogP contribution in [0.2, 0.25) is 0 Å². The molecule has 210 valence electrons. The van der Waals surface area contributed by atoms with Crippen LogP contribution in [0.3, 0.4) is 0 Å². The highest BCUT2D eigenvalue weighted by molar-refractivity contribution is 5.98. The molecule has 5 aromatic rings. The van der Waals surface area contributed by atoms with Crippen molar-refractivity contribution in [3.63, 3.8) is 0 Å². The molecule has 4 N–H and O–H groups in total. The summed E-state index contributed by atoms with van der Waals surface area (Å²) >= 11 is 0. The molecule has 2 saturated heterocycles. The van der Waals surface area contributed by atoms with Crippen molar-refractivity contribution in [2.45, 2.75) is 37.8 Å². The van der Waals surface area contributed by atoms with Crippen molar-refractivity contribution in [1.29, 1.82) is 0 Å². The molecule has 2 aliphatic rings. The van der Waals surface area contributed by atoms with Gasteiger partial charge in [0.25, 0.3) is 5.91 Å². The maximum Gasteiger partial charge on any atom is 0.267 e. The van der Waals surface area contributed by atoms with Crippen molar-refractivity contribution in [3.8, 4) is 11.4 Å². The summed E-state index contributed by atoms with van der Waals surface area (Å²) in [4.78, 5) is 30.7. The van der Waals surface area contributed by atoms with Gasteiger partial charge in [0.1, 0.15) is 11.5 Å². The fraction of sp³-hybridized carbons (Fsp3) is 0.355. The minimum Gasteiger partial charge on any atom is -0.351 e. The summed E-state index contributed by atoms with van der Waals surface area (Å²) in [5.74, 6) is 1.27. The van der Waals surface area contributed by atoms with E-state index < -0.39 is 0 Å². The molecular formula is C31H35N9O. The smallest absolute Gasteiger partial charge is 0.267 e. The Morgan fingerprint density at radius 3 is 2.63 bits per heavy atom. The van der Waals surface area contributed by atoms with E-state index in [0.717, 1.165) is 59.0 Å². The SMILES string of the molecule is CN1CCC(N2CCC(NC(=O)c3cc4ccc(-c5nccc(Nc6ccc7[nH]ncc7c6)n5)cc4[nH]3)CC2)CC1. The van der Waals surface area contributed by atoms with E-state index in [1.807, 2.05) is 48.5 Å². The lowest BCUT2D eigenvalue weighted by atomic mass is 9.98. The molecule has 1 amide bonds. The summed E-state index contributed by atoms with van der Waals surface area (Å²) in [5, 5.41) is 15.7. The summed E-state index contributed by atoms with van der Waals surface area (Å²) in [5.41, 5.74) is 4.26. The van der Waals surface area contributed by atoms with Crippen molar-refractivity contribution < 1.29 is 4.79 Å². The van der Waals surface area contributed by atoms with Gasteiger partial charge in [-0.1, -0.05) is 12.1 Å². The molecule has 0 spiro atoms. The molecule has 10 heteroatoms. The molecule has 0 radical (unpaired) electrons. The highest BCUT2D eigenvalue weighted by Gasteiger charge is 2.28. The van der Waals surface area contributed by atoms with E-state index >= 15 is 0 Å². The lowest BCUT2D eigenvalue weighted by molar-refractivity contribution is 0.0804. The Morgan fingerprint density at radius 1 is 0.927 bits per heavy atom. The average molecular weight is 550 g/mol. The van der Waals surface area contributed by atoms with Crippen molar-refractivity contribution in [1.82, 2.24) is 40.3 Å². The molecule has 0 aliphatic carbocycles. The average Bonchev–Trinajstić information content (AvgIpc) is 3.65. The lowest BCUT2D eigenvalue weighted by Crippen LogP contribution is -2.50. The molecule has 7 rings (SSSR count). The normalized spacial score (nSPS) is 17.8. The summed E-state index contributed by atoms with van der Waals surface area (Å²) in [7, 11) is 2.21. The predicted molar refractivity (Wildman–Crippen MR) is 161 cm³/mol. The van der Waals surface area contributed by atoms with E-state index in [9.17, 15) is 4.79 Å². The van der Waals surface area contributed by atoms with E-state index in [2.05, 4.69) is 47.6 Å². The number of benzene rings is 2. The molecule has 3 aromatic heterocycles. The van der Waals surface area contributed by atoms with Gasteiger partial charge in [-0.25, -0.2) is 9.97 Å². The number of hydrogen-bond donors (Lipinski definition) is 4. The third-order valence-corrected chi connectivity index (χ3v) is 8.56. The van der Waals surface area contributed by atoms with Crippen LogP contribution in [0, 0.1) is 0 Å². The van der Waals surface area contributed by atoms with Gasteiger partial charge in [0, 0.05) is 58.9 Å². The van der Waals surface area contributed by atoms with Gasteiger partial charge in [-0.05, 0) is 82.2 Å². The fourth-order valence-corrected chi connectivity index (χ4v) is 6.16. The minimum absolute atomic E-state index is 0.0440. The van der Waals surface area contributed by atoms with Crippen LogP contribution < -0.4 is 10.6 Å². The number of nitrogens with one attached hydrogen (secondary N) is 4. The van der Waals surface area contributed by atoms with Crippen LogP contribution in [0.5, 0.6) is 0 Å². The Morgan fingerprint density at radius 2 is 1.78 bits per heavy atom. The standard InChI is InChI=1S/C31H35N9O/c1-39-12-9-25(10-13-39)40-14-7-23(8-15-40)35-31(41)28-17-20-2-3-21(18-27(20)36-28)30-32-11-6-29(37-30)34-24-4-5-26-22(16-24)19-33-38-26/h2-6,11,16-19,23,25,36H,7-10,12-15H2,1H3,(H,33,38)(H,35,41)(H,32,34,37). The molecule has 2 fully saturated rings. The Kier molecular flexibility index (Phi) is 6.85. The number of likely N-dealkylation sites (tertiary alicyclic amines) is 2. The number of H-pyrrole nitrogens is 2. The number of fused-ring (bicyclic) bond motifs is 2. The maximum atomic E-state index is 13.1. The van der Waals surface area contributed by atoms with E-state index in [4.69, 9.17) is 4.98 Å². The quantitative estimate of drug-likeness (QED) is 0.246. The molecule has 0 unspecified atom stereocenters. The summed E-state index contributed by atoms with van der Waals surface area (Å²) in [6.07, 6.45) is 8.04. The topological polar surface area (TPSA) is 118 Å². The monoisotopic (exact) mass is 549 g/mol. The number of piperidine rings is 2. The Bertz CT molecular complexity index is 1680. The summed E-state index contributed by atoms with van der Waals surface area (Å²) in [6.45, 7) is 4.48. The Balaban J connectivity index is 1.00. The molecule has 0 bridgehead atoms. The molecule has 2 aromatic carbocycles. The lowest BCUT2D eigenvalue weighted by Gasteiger charge is -2.41. The number of anilines is 2. The Labute approximate surface area is 238 Å². The summed E-state index contributed by atoms with van der Waals surface area (Å²) < 4.78 is 0. The third kappa shape index (κ3) is 5.53. The van der Waals surface area contributed by atoms with Gasteiger partial charge in [0.05, 0.1) is 11.7 Å². The molecule has 5 heterocycles. The van der Waals surface area contributed by atoms with Gasteiger partial charge in [-0.2, -0.15) is 5.10 Å². The van der Waals surface area contributed by atoms with E-state index in [-0.39, 0.29) is 11.9 Å². The minimum atomic E-state index is -0.0440. The van der Waals surface area contributed by atoms with Crippen LogP contribution in [-0.4, -0.2) is 86.2 Å². The number of hydrogen-bond acceptors (Lipinski definition) is 7. The molecule has 41 heavy (non-hydrogen) atoms. The van der Waals surface area contributed by atoms with Crippen LogP contribution in [0.25, 0.3) is 33.2 Å². The first-order valence-electron chi connectivity index (χ1n) is 14.5. The first kappa shape index (κ1) is 25.7. The summed E-state index contributed by atoms with van der Waals surface area (Å²) in [6, 6.07) is 16.7. The Hall–Kier alpha value is -4.28. The van der Waals surface area contributed by atoms with Crippen molar-refractivity contribution >= 4 is 39.2 Å². The third-order valence-electron chi connectivity index (χ3n) is 8.56. The number of carbonyl (C=O) groups is 1. The van der Waals surface area contributed by atoms with Crippen LogP contribution in [0.15, 0.2) is 60.9 Å². The van der Waals surface area contributed by atoms with Crippen molar-refractivity contribution in [2.75, 3.05) is 38.5 Å². The molecule has 2 aliphatic heterocycles. The van der Waals surface area contributed by atoms with E-state index in [0.29, 0.717) is 23.4 Å². The maximum absolute atomic E-state index is 13.1. The largest absolute Gasteiger partial charge is 0.351 e. The highest BCUT2D eigenvalue weighted by Crippen LogP contribution is 2.26. The molecular weight excluding hydrogens is 514 g/mol. The predicted octanol–water partition coefficient (Wildman–Crippen LogP) is 4.53. The molecule has 10 nitrogen and oxygen atoms in total. The van der Waals surface area contributed by atoms with Crippen molar-refractivity contribution in [2.24, 2.45) is 0 Å². The second kappa shape index (κ2) is 10.9. The first-order valence-corrected chi connectivity index (χ1v) is 14.5. The van der Waals surface area contributed by atoms with Crippen LogP contribution in [0.1, 0.15) is 36.2 Å². The van der Waals surface area contributed by atoms with Gasteiger partial charge in [0.15, 0.2) is 5.82 Å². The van der Waals surface area contributed by atoms with Gasteiger partial charge in [-0.15, -0.1) is 0 Å². The number of carbonyl (C=O) groups excluding carboxylic acids is 1. The van der Waals surface area contributed by atoms with Gasteiger partial charge in [0.2, 0.25) is 0 Å². The fourth-order valence-electron chi connectivity index (χ4n) is 6.16. The van der Waals surface area contributed by atoms with Crippen LogP contribution in [0.4, 0.5) is 11.5 Å². The molecule has 0 atom stereocenters. The second-order valence-electron chi connectivity index (χ2n) is 11.4. The number of aromatic amines is 2. The zero-order valence-corrected chi connectivity index (χ0v) is 23.2. The number of rotatable bonds is 6. The van der Waals surface area contributed by atoms with Gasteiger partial charge >= 0.3 is 0 Å². The highest BCUT2D eigenvalue weighted by atomic mass is 16.1. The van der Waals surface area contributed by atoms with E-state index in [1.54, 1.807) is 12.4 Å². The van der Waals surface area contributed by atoms with Crippen molar-refractivity contribution in [3.05, 3.63) is 66.6 Å². The van der Waals surface area contributed by atoms with Gasteiger partial charge < -0.3 is 25.4 Å². The second-order valence-corrected chi connectivity index (χ2v) is 11.4.